The first kappa shape index (κ1) is 25.4. The predicted molar refractivity (Wildman–Crippen MR) is 136 cm³/mol. The van der Waals surface area contributed by atoms with Crippen LogP contribution < -0.4 is 14.8 Å². The second-order valence-electron chi connectivity index (χ2n) is 9.21. The van der Waals surface area contributed by atoms with E-state index in [4.69, 9.17) is 14.2 Å². The number of aromatic hydroxyl groups is 1. The summed E-state index contributed by atoms with van der Waals surface area (Å²) in [6, 6.07) is 12.4. The maximum absolute atomic E-state index is 13.7. The summed E-state index contributed by atoms with van der Waals surface area (Å²) < 4.78 is 16.4. The molecule has 0 saturated carbocycles. The van der Waals surface area contributed by atoms with E-state index >= 15 is 0 Å². The fourth-order valence-corrected chi connectivity index (χ4v) is 5.04. The van der Waals surface area contributed by atoms with Gasteiger partial charge in [0.25, 0.3) is 0 Å². The molecule has 1 aliphatic carbocycles. The first-order valence-corrected chi connectivity index (χ1v) is 12.3. The van der Waals surface area contributed by atoms with Crippen LogP contribution in [0, 0.1) is 0 Å². The van der Waals surface area contributed by atoms with Crippen molar-refractivity contribution in [2.45, 2.75) is 51.4 Å². The van der Waals surface area contributed by atoms with Gasteiger partial charge in [-0.3, -0.25) is 4.79 Å². The summed E-state index contributed by atoms with van der Waals surface area (Å²) in [5.74, 6) is 0.328. The van der Waals surface area contributed by atoms with Gasteiger partial charge in [-0.2, -0.15) is 0 Å². The molecule has 0 amide bonds. The Hall–Kier alpha value is -3.74. The largest absolute Gasteiger partial charge is 0.508 e. The average Bonchev–Trinajstić information content (AvgIpc) is 2.87. The first-order valence-electron chi connectivity index (χ1n) is 12.3. The smallest absolute Gasteiger partial charge is 0.336 e. The van der Waals surface area contributed by atoms with Crippen LogP contribution in [0.25, 0.3) is 0 Å². The highest BCUT2D eigenvalue weighted by atomic mass is 16.5. The minimum Gasteiger partial charge on any atom is -0.508 e. The molecule has 36 heavy (non-hydrogen) atoms. The van der Waals surface area contributed by atoms with Crippen molar-refractivity contribution in [3.8, 4) is 17.2 Å². The average molecular weight is 492 g/mol. The molecule has 7 nitrogen and oxygen atoms in total. The van der Waals surface area contributed by atoms with Crippen molar-refractivity contribution in [2.75, 3.05) is 20.8 Å². The second-order valence-corrected chi connectivity index (χ2v) is 9.21. The minimum atomic E-state index is -0.560. The molecule has 0 saturated heterocycles. The summed E-state index contributed by atoms with van der Waals surface area (Å²) >= 11 is 0. The van der Waals surface area contributed by atoms with Gasteiger partial charge in [-0.05, 0) is 61.1 Å². The molecule has 4 rings (SSSR count). The predicted octanol–water partition coefficient (Wildman–Crippen LogP) is 5.11. The quantitative estimate of drug-likeness (QED) is 0.391. The molecule has 2 N–H and O–H groups in total. The number of methoxy groups -OCH3 is 2. The SMILES string of the molecule is CCCCOC(=O)C1=C(C)NC2=C(C(=O)C[C@@H](c3ccc(OC)c(OC)c3)C2)[C@@H]1c1ccc(O)cc1. The molecular formula is C29H33NO6. The molecule has 2 aromatic carbocycles. The zero-order valence-electron chi connectivity index (χ0n) is 21.2. The van der Waals surface area contributed by atoms with Crippen LogP contribution in [0.3, 0.4) is 0 Å². The lowest BCUT2D eigenvalue weighted by atomic mass is 9.71. The molecule has 0 unspecified atom stereocenters. The van der Waals surface area contributed by atoms with Gasteiger partial charge >= 0.3 is 5.97 Å². The number of nitrogens with one attached hydrogen (secondary N) is 1. The van der Waals surface area contributed by atoms with Crippen molar-refractivity contribution >= 4 is 11.8 Å². The van der Waals surface area contributed by atoms with Crippen molar-refractivity contribution in [1.82, 2.24) is 5.32 Å². The van der Waals surface area contributed by atoms with Crippen molar-refractivity contribution < 1.29 is 28.9 Å². The number of ether oxygens (including phenoxy) is 3. The summed E-state index contributed by atoms with van der Waals surface area (Å²) in [7, 11) is 3.18. The number of phenols is 1. The van der Waals surface area contributed by atoms with E-state index in [-0.39, 0.29) is 17.5 Å². The molecule has 0 aromatic heterocycles. The van der Waals surface area contributed by atoms with E-state index in [1.165, 1.54) is 0 Å². The Morgan fingerprint density at radius 2 is 1.72 bits per heavy atom. The van der Waals surface area contributed by atoms with E-state index < -0.39 is 11.9 Å². The molecule has 0 fully saturated rings. The van der Waals surface area contributed by atoms with Crippen LogP contribution in [0.1, 0.15) is 62.5 Å². The van der Waals surface area contributed by atoms with E-state index in [1.54, 1.807) is 38.5 Å². The van der Waals surface area contributed by atoms with Crippen LogP contribution in [0.5, 0.6) is 17.2 Å². The zero-order chi connectivity index (χ0) is 25.8. The standard InChI is InChI=1S/C29H33NO6/c1-5-6-13-36-29(33)26-17(2)30-22-14-20(19-9-12-24(34-3)25(16-19)35-4)15-23(32)28(22)27(26)18-7-10-21(31)11-8-18/h7-12,16,20,27,30-31H,5-6,13-15H2,1-4H3/t20-,27+/m0/s1. The minimum absolute atomic E-state index is 0.0204. The van der Waals surface area contributed by atoms with Crippen LogP contribution in [-0.2, 0) is 14.3 Å². The third kappa shape index (κ3) is 4.96. The van der Waals surface area contributed by atoms with Crippen molar-refractivity contribution in [3.05, 3.63) is 76.1 Å². The van der Waals surface area contributed by atoms with Crippen LogP contribution >= 0.6 is 0 Å². The van der Waals surface area contributed by atoms with Crippen LogP contribution in [0.15, 0.2) is 65.0 Å². The van der Waals surface area contributed by atoms with Gasteiger partial charge in [0.1, 0.15) is 5.75 Å². The number of hydrogen-bond donors (Lipinski definition) is 2. The maximum atomic E-state index is 13.7. The lowest BCUT2D eigenvalue weighted by Crippen LogP contribution is -2.36. The molecule has 1 aliphatic heterocycles. The second kappa shape index (κ2) is 10.9. The molecule has 0 radical (unpaired) electrons. The third-order valence-electron chi connectivity index (χ3n) is 6.88. The number of unbranched alkanes of at least 4 members (excludes halogenated alkanes) is 1. The molecule has 2 aromatic rings. The fraction of sp³-hybridized carbons (Fsp3) is 0.379. The van der Waals surface area contributed by atoms with Crippen molar-refractivity contribution in [2.24, 2.45) is 0 Å². The molecule has 1 heterocycles. The van der Waals surface area contributed by atoms with Crippen molar-refractivity contribution in [3.63, 3.8) is 0 Å². The first-order chi connectivity index (χ1) is 17.4. The summed E-state index contributed by atoms with van der Waals surface area (Å²) in [6.45, 7) is 4.21. The Morgan fingerprint density at radius 3 is 2.39 bits per heavy atom. The van der Waals surface area contributed by atoms with Gasteiger partial charge in [-0.1, -0.05) is 31.5 Å². The highest BCUT2D eigenvalue weighted by Gasteiger charge is 2.41. The van der Waals surface area contributed by atoms with E-state index in [2.05, 4.69) is 5.32 Å². The lowest BCUT2D eigenvalue weighted by molar-refractivity contribution is -0.139. The number of dihydropyridines is 1. The highest BCUT2D eigenvalue weighted by molar-refractivity contribution is 6.04. The van der Waals surface area contributed by atoms with E-state index in [0.29, 0.717) is 47.8 Å². The summed E-state index contributed by atoms with van der Waals surface area (Å²) in [5.41, 5.74) is 4.27. The maximum Gasteiger partial charge on any atom is 0.336 e. The van der Waals surface area contributed by atoms with E-state index in [9.17, 15) is 14.7 Å². The number of hydrogen-bond acceptors (Lipinski definition) is 7. The number of carbonyl (C=O) groups is 2. The lowest BCUT2D eigenvalue weighted by Gasteiger charge is -2.36. The molecular weight excluding hydrogens is 458 g/mol. The number of Topliss-reactive ketones (excluding diaryl/α,β-unsaturated/α-hetero) is 1. The van der Waals surface area contributed by atoms with Crippen LogP contribution in [0.4, 0.5) is 0 Å². The third-order valence-corrected chi connectivity index (χ3v) is 6.88. The van der Waals surface area contributed by atoms with Gasteiger partial charge < -0.3 is 24.6 Å². The Bertz CT molecular complexity index is 1210. The number of benzene rings is 2. The van der Waals surface area contributed by atoms with Gasteiger partial charge in [0.2, 0.25) is 0 Å². The van der Waals surface area contributed by atoms with Gasteiger partial charge in [0.05, 0.1) is 26.4 Å². The Kier molecular flexibility index (Phi) is 7.67. The normalized spacial score (nSPS) is 19.5. The molecule has 190 valence electrons. The van der Waals surface area contributed by atoms with Gasteiger partial charge in [-0.25, -0.2) is 4.79 Å². The molecule has 7 heteroatoms. The number of rotatable bonds is 8. The van der Waals surface area contributed by atoms with Crippen LogP contribution in [-0.4, -0.2) is 37.7 Å². The summed E-state index contributed by atoms with van der Waals surface area (Å²) in [6.07, 6.45) is 2.61. The summed E-state index contributed by atoms with van der Waals surface area (Å²) in [4.78, 5) is 26.9. The highest BCUT2D eigenvalue weighted by Crippen LogP contribution is 2.46. The van der Waals surface area contributed by atoms with E-state index in [1.807, 2.05) is 32.0 Å². The molecule has 2 aliphatic rings. The zero-order valence-corrected chi connectivity index (χ0v) is 21.2. The van der Waals surface area contributed by atoms with Crippen LogP contribution in [0.2, 0.25) is 0 Å². The fourth-order valence-electron chi connectivity index (χ4n) is 5.04. The number of allylic oxidation sites excluding steroid dienone is 3. The molecule has 0 bridgehead atoms. The number of phenolic OH excluding ortho intramolecular Hbond substituents is 1. The number of carbonyl (C=O) groups excluding carboxylic acids is 2. The van der Waals surface area contributed by atoms with Gasteiger partial charge in [0.15, 0.2) is 17.3 Å². The Morgan fingerprint density at radius 1 is 1.03 bits per heavy atom. The number of esters is 1. The van der Waals surface area contributed by atoms with E-state index in [0.717, 1.165) is 29.7 Å². The molecule has 0 spiro atoms. The molecule has 2 atom stereocenters. The topological polar surface area (TPSA) is 94.1 Å². The van der Waals surface area contributed by atoms with Gasteiger partial charge in [0, 0.05) is 29.3 Å². The summed E-state index contributed by atoms with van der Waals surface area (Å²) in [5, 5.41) is 13.2. The Balaban J connectivity index is 1.73. The monoisotopic (exact) mass is 491 g/mol. The number of ketones is 1. The van der Waals surface area contributed by atoms with Gasteiger partial charge in [-0.15, -0.1) is 0 Å². The Labute approximate surface area is 211 Å². The van der Waals surface area contributed by atoms with Crippen molar-refractivity contribution in [1.29, 1.82) is 0 Å².